The molecule has 1 atom stereocenters. The van der Waals surface area contributed by atoms with Gasteiger partial charge < -0.3 is 5.11 Å². The van der Waals surface area contributed by atoms with Gasteiger partial charge >= 0.3 is 5.97 Å². The number of nitrogens with zero attached hydrogens (tertiary/aromatic N) is 1. The van der Waals surface area contributed by atoms with E-state index in [0.29, 0.717) is 25.1 Å². The molecular weight excluding hydrogens is 234 g/mol. The third-order valence-electron chi connectivity index (χ3n) is 2.87. The average Bonchev–Trinajstić information content (AvgIpc) is 2.75. The van der Waals surface area contributed by atoms with Crippen molar-refractivity contribution in [2.45, 2.75) is 19.8 Å². The summed E-state index contributed by atoms with van der Waals surface area (Å²) in [5.74, 6) is -1.34. The number of anilines is 1. The Balaban J connectivity index is 2.14. The molecule has 1 amide bonds. The summed E-state index contributed by atoms with van der Waals surface area (Å²) in [6.45, 7) is 2.06. The Hall–Kier alpha value is -1.88. The normalized spacial score (nSPS) is 16.9. The lowest BCUT2D eigenvalue weighted by Gasteiger charge is -2.15. The number of benzene rings is 1. The SMILES string of the molecule is CC(Cc1cccc(N2OCCC2=O)c1)C(=O)O. The van der Waals surface area contributed by atoms with E-state index >= 15 is 0 Å². The molecule has 0 saturated carbocycles. The summed E-state index contributed by atoms with van der Waals surface area (Å²) in [4.78, 5) is 27.6. The second-order valence-electron chi connectivity index (χ2n) is 4.38. The molecular formula is C13H15NO4. The van der Waals surface area contributed by atoms with E-state index in [1.165, 1.54) is 5.06 Å². The highest BCUT2D eigenvalue weighted by atomic mass is 16.7. The molecule has 5 nitrogen and oxygen atoms in total. The van der Waals surface area contributed by atoms with Crippen LogP contribution >= 0.6 is 0 Å². The fourth-order valence-corrected chi connectivity index (χ4v) is 1.87. The maximum absolute atomic E-state index is 11.5. The molecule has 0 aliphatic carbocycles. The zero-order valence-corrected chi connectivity index (χ0v) is 10.1. The smallest absolute Gasteiger partial charge is 0.306 e. The molecule has 0 aromatic heterocycles. The Kier molecular flexibility index (Phi) is 3.62. The Labute approximate surface area is 105 Å². The third kappa shape index (κ3) is 2.68. The Bertz CT molecular complexity index is 472. The molecule has 96 valence electrons. The van der Waals surface area contributed by atoms with Gasteiger partial charge in [0.15, 0.2) is 0 Å². The van der Waals surface area contributed by atoms with Crippen LogP contribution in [0.15, 0.2) is 24.3 Å². The number of aliphatic carboxylic acids is 1. The van der Waals surface area contributed by atoms with E-state index in [2.05, 4.69) is 0 Å². The number of carbonyl (C=O) groups excluding carboxylic acids is 1. The molecule has 1 saturated heterocycles. The van der Waals surface area contributed by atoms with E-state index in [-0.39, 0.29) is 5.91 Å². The predicted octanol–water partition coefficient (Wildman–Crippen LogP) is 1.62. The van der Waals surface area contributed by atoms with Crippen molar-refractivity contribution < 1.29 is 19.5 Å². The molecule has 1 heterocycles. The Morgan fingerprint density at radius 2 is 2.33 bits per heavy atom. The highest BCUT2D eigenvalue weighted by Crippen LogP contribution is 2.22. The standard InChI is InChI=1S/C13H15NO4/c1-9(13(16)17)7-10-3-2-4-11(8-10)14-12(15)5-6-18-14/h2-4,8-9H,5-7H2,1H3,(H,16,17). The van der Waals surface area contributed by atoms with Gasteiger partial charge in [-0.25, -0.2) is 0 Å². The molecule has 0 bridgehead atoms. The molecule has 0 spiro atoms. The number of carbonyl (C=O) groups is 2. The van der Waals surface area contributed by atoms with Crippen molar-refractivity contribution in [1.82, 2.24) is 0 Å². The van der Waals surface area contributed by atoms with Crippen molar-refractivity contribution in [2.24, 2.45) is 5.92 Å². The van der Waals surface area contributed by atoms with Crippen LogP contribution in [0, 0.1) is 5.92 Å². The molecule has 1 aliphatic heterocycles. The zero-order valence-electron chi connectivity index (χ0n) is 10.1. The lowest BCUT2D eigenvalue weighted by molar-refractivity contribution is -0.141. The first-order valence-corrected chi connectivity index (χ1v) is 5.85. The van der Waals surface area contributed by atoms with Gasteiger partial charge in [0, 0.05) is 0 Å². The lowest BCUT2D eigenvalue weighted by Crippen LogP contribution is -2.22. The summed E-state index contributed by atoms with van der Waals surface area (Å²) in [6.07, 6.45) is 0.820. The minimum absolute atomic E-state index is 0.0709. The Morgan fingerprint density at radius 3 is 2.94 bits per heavy atom. The summed E-state index contributed by atoms with van der Waals surface area (Å²) < 4.78 is 0. The van der Waals surface area contributed by atoms with Crippen molar-refractivity contribution in [1.29, 1.82) is 0 Å². The molecule has 1 N–H and O–H groups in total. The number of hydroxylamine groups is 1. The van der Waals surface area contributed by atoms with Crippen molar-refractivity contribution in [3.8, 4) is 0 Å². The number of carboxylic acid groups (broad SMARTS) is 1. The molecule has 1 aromatic carbocycles. The van der Waals surface area contributed by atoms with Crippen LogP contribution in [0.25, 0.3) is 0 Å². The maximum Gasteiger partial charge on any atom is 0.306 e. The molecule has 0 radical (unpaired) electrons. The minimum Gasteiger partial charge on any atom is -0.481 e. The van der Waals surface area contributed by atoms with Gasteiger partial charge in [-0.1, -0.05) is 19.1 Å². The number of hydrogen-bond acceptors (Lipinski definition) is 3. The fraction of sp³-hybridized carbons (Fsp3) is 0.385. The van der Waals surface area contributed by atoms with Crippen molar-refractivity contribution in [2.75, 3.05) is 11.7 Å². The predicted molar refractivity (Wildman–Crippen MR) is 65.0 cm³/mol. The van der Waals surface area contributed by atoms with Crippen LogP contribution in [-0.2, 0) is 20.8 Å². The van der Waals surface area contributed by atoms with E-state index in [9.17, 15) is 9.59 Å². The van der Waals surface area contributed by atoms with Crippen molar-refractivity contribution in [3.63, 3.8) is 0 Å². The van der Waals surface area contributed by atoms with Crippen LogP contribution in [0.4, 0.5) is 5.69 Å². The quantitative estimate of drug-likeness (QED) is 0.880. The van der Waals surface area contributed by atoms with E-state index < -0.39 is 11.9 Å². The van der Waals surface area contributed by atoms with Gasteiger partial charge in [0.05, 0.1) is 24.6 Å². The highest BCUT2D eigenvalue weighted by Gasteiger charge is 2.23. The monoisotopic (exact) mass is 249 g/mol. The zero-order chi connectivity index (χ0) is 13.1. The first-order valence-electron chi connectivity index (χ1n) is 5.85. The summed E-state index contributed by atoms with van der Waals surface area (Å²) in [7, 11) is 0. The number of amides is 1. The molecule has 18 heavy (non-hydrogen) atoms. The van der Waals surface area contributed by atoms with E-state index in [0.717, 1.165) is 5.56 Å². The van der Waals surface area contributed by atoms with Gasteiger partial charge in [-0.2, -0.15) is 5.06 Å². The molecule has 1 unspecified atom stereocenters. The van der Waals surface area contributed by atoms with E-state index in [1.54, 1.807) is 25.1 Å². The van der Waals surface area contributed by atoms with E-state index in [4.69, 9.17) is 9.94 Å². The minimum atomic E-state index is -0.825. The first kappa shape index (κ1) is 12.6. The number of hydrogen-bond donors (Lipinski definition) is 1. The maximum atomic E-state index is 11.5. The van der Waals surface area contributed by atoms with Gasteiger partial charge in [0.25, 0.3) is 5.91 Å². The first-order chi connectivity index (χ1) is 8.58. The van der Waals surface area contributed by atoms with Gasteiger partial charge in [0.1, 0.15) is 0 Å². The summed E-state index contributed by atoms with van der Waals surface area (Å²) in [5, 5.41) is 10.1. The van der Waals surface area contributed by atoms with Gasteiger partial charge in [0.2, 0.25) is 0 Å². The average molecular weight is 249 g/mol. The Morgan fingerprint density at radius 1 is 1.56 bits per heavy atom. The van der Waals surface area contributed by atoms with Gasteiger partial charge in [-0.3, -0.25) is 14.4 Å². The summed E-state index contributed by atoms with van der Waals surface area (Å²) in [5.41, 5.74) is 1.54. The third-order valence-corrected chi connectivity index (χ3v) is 2.87. The van der Waals surface area contributed by atoms with Crippen molar-refractivity contribution >= 4 is 17.6 Å². The highest BCUT2D eigenvalue weighted by molar-refractivity contribution is 5.92. The molecule has 1 aromatic rings. The van der Waals surface area contributed by atoms with Gasteiger partial charge in [-0.05, 0) is 24.1 Å². The van der Waals surface area contributed by atoms with Crippen LogP contribution in [0.1, 0.15) is 18.9 Å². The summed E-state index contributed by atoms with van der Waals surface area (Å²) in [6, 6.07) is 7.22. The van der Waals surface area contributed by atoms with Crippen LogP contribution in [0.2, 0.25) is 0 Å². The molecule has 5 heteroatoms. The number of carboxylic acids is 1. The molecule has 1 aliphatic rings. The van der Waals surface area contributed by atoms with Crippen LogP contribution < -0.4 is 5.06 Å². The van der Waals surface area contributed by atoms with Gasteiger partial charge in [-0.15, -0.1) is 0 Å². The topological polar surface area (TPSA) is 66.8 Å². The van der Waals surface area contributed by atoms with Crippen LogP contribution in [0.5, 0.6) is 0 Å². The van der Waals surface area contributed by atoms with Crippen LogP contribution in [0.3, 0.4) is 0 Å². The van der Waals surface area contributed by atoms with E-state index in [1.807, 2.05) is 6.07 Å². The van der Waals surface area contributed by atoms with Crippen molar-refractivity contribution in [3.05, 3.63) is 29.8 Å². The molecule has 1 fully saturated rings. The summed E-state index contributed by atoms with van der Waals surface area (Å²) >= 11 is 0. The fourth-order valence-electron chi connectivity index (χ4n) is 1.87. The second kappa shape index (κ2) is 5.18. The van der Waals surface area contributed by atoms with Crippen LogP contribution in [-0.4, -0.2) is 23.6 Å². The lowest BCUT2D eigenvalue weighted by atomic mass is 10.0. The second-order valence-corrected chi connectivity index (χ2v) is 4.38. The number of rotatable bonds is 4. The molecule has 2 rings (SSSR count). The largest absolute Gasteiger partial charge is 0.481 e.